The number of hydrogen-bond acceptors (Lipinski definition) is 3. The van der Waals surface area contributed by atoms with Crippen LogP contribution in [0.25, 0.3) is 0 Å². The Labute approximate surface area is 133 Å². The van der Waals surface area contributed by atoms with E-state index in [4.69, 9.17) is 0 Å². The summed E-state index contributed by atoms with van der Waals surface area (Å²) >= 11 is 1.82. The van der Waals surface area contributed by atoms with E-state index in [1.54, 1.807) is 12.1 Å². The van der Waals surface area contributed by atoms with Gasteiger partial charge in [-0.1, -0.05) is 19.1 Å². The highest BCUT2D eigenvalue weighted by atomic mass is 32.2. The molecule has 3 aliphatic rings. The Morgan fingerprint density at radius 3 is 2.82 bits per heavy atom. The van der Waals surface area contributed by atoms with Gasteiger partial charge in [-0.25, -0.2) is 4.39 Å². The summed E-state index contributed by atoms with van der Waals surface area (Å²) in [5, 5.41) is 6.68. The first-order valence-corrected chi connectivity index (χ1v) is 8.70. The lowest BCUT2D eigenvalue weighted by Crippen LogP contribution is -2.54. The molecule has 116 valence electrons. The summed E-state index contributed by atoms with van der Waals surface area (Å²) in [6.07, 6.45) is 3.09. The monoisotopic (exact) mass is 318 g/mol. The number of nitrogens with one attached hydrogen (secondary N) is 2. The minimum Gasteiger partial charge on any atom is -0.336 e. The van der Waals surface area contributed by atoms with Crippen LogP contribution in [-0.4, -0.2) is 11.3 Å². The molecule has 5 heteroatoms. The van der Waals surface area contributed by atoms with Gasteiger partial charge in [0.2, 0.25) is 5.91 Å². The minimum atomic E-state index is -0.259. The molecule has 4 unspecified atom stereocenters. The third kappa shape index (κ3) is 2.36. The average Bonchev–Trinajstić information content (AvgIpc) is 2.85. The standard InChI is InChI=1S/C17H19FN2OS/c1-9-2-7-12-13(8-9)22-17-14(12)16(21)19-15(20-17)10-3-5-11(18)6-4-10/h3-6,9,14-15,17,20H,2,7-8H2,1H3,(H,19,21). The van der Waals surface area contributed by atoms with Gasteiger partial charge in [0.05, 0.1) is 11.3 Å². The first-order chi connectivity index (χ1) is 10.6. The van der Waals surface area contributed by atoms with E-state index in [0.717, 1.165) is 18.4 Å². The van der Waals surface area contributed by atoms with Crippen LogP contribution < -0.4 is 10.6 Å². The summed E-state index contributed by atoms with van der Waals surface area (Å²) in [5.41, 5.74) is 2.24. The van der Waals surface area contributed by atoms with Crippen molar-refractivity contribution in [1.29, 1.82) is 0 Å². The lowest BCUT2D eigenvalue weighted by Gasteiger charge is -2.34. The van der Waals surface area contributed by atoms with Crippen LogP contribution in [0.3, 0.4) is 0 Å². The van der Waals surface area contributed by atoms with Gasteiger partial charge in [-0.15, -0.1) is 11.8 Å². The maximum absolute atomic E-state index is 13.1. The van der Waals surface area contributed by atoms with Crippen LogP contribution in [0, 0.1) is 17.7 Å². The van der Waals surface area contributed by atoms with Crippen molar-refractivity contribution in [2.45, 2.75) is 37.7 Å². The van der Waals surface area contributed by atoms with E-state index in [-0.39, 0.29) is 29.2 Å². The van der Waals surface area contributed by atoms with Crippen LogP contribution >= 0.6 is 11.8 Å². The second kappa shape index (κ2) is 5.39. The highest BCUT2D eigenvalue weighted by molar-refractivity contribution is 8.04. The highest BCUT2D eigenvalue weighted by Crippen LogP contribution is 2.50. The number of benzene rings is 1. The second-order valence-electron chi connectivity index (χ2n) is 6.47. The molecule has 22 heavy (non-hydrogen) atoms. The van der Waals surface area contributed by atoms with Gasteiger partial charge < -0.3 is 5.32 Å². The van der Waals surface area contributed by atoms with Gasteiger partial charge in [0.25, 0.3) is 0 Å². The van der Waals surface area contributed by atoms with Crippen LogP contribution in [-0.2, 0) is 4.79 Å². The molecule has 1 saturated heterocycles. The van der Waals surface area contributed by atoms with E-state index >= 15 is 0 Å². The zero-order valence-corrected chi connectivity index (χ0v) is 13.3. The molecule has 4 atom stereocenters. The Morgan fingerprint density at radius 2 is 2.05 bits per heavy atom. The van der Waals surface area contributed by atoms with Crippen LogP contribution in [0.15, 0.2) is 34.7 Å². The molecule has 0 radical (unpaired) electrons. The Bertz CT molecular complexity index is 643. The molecule has 0 aromatic heterocycles. The molecule has 4 rings (SSSR count). The van der Waals surface area contributed by atoms with Gasteiger partial charge >= 0.3 is 0 Å². The minimum absolute atomic E-state index is 0.0378. The van der Waals surface area contributed by atoms with Gasteiger partial charge in [0, 0.05) is 0 Å². The topological polar surface area (TPSA) is 41.1 Å². The van der Waals surface area contributed by atoms with Crippen LogP contribution in [0.1, 0.15) is 37.9 Å². The number of fused-ring (bicyclic) bond motifs is 2. The van der Waals surface area contributed by atoms with E-state index in [1.807, 2.05) is 11.8 Å². The number of hydrogen-bond donors (Lipinski definition) is 2. The Kier molecular flexibility index (Phi) is 3.50. The van der Waals surface area contributed by atoms with Crippen LogP contribution in [0.5, 0.6) is 0 Å². The maximum atomic E-state index is 13.1. The molecule has 0 spiro atoms. The van der Waals surface area contributed by atoms with Crippen molar-refractivity contribution < 1.29 is 9.18 Å². The number of carbonyl (C=O) groups is 1. The molecule has 0 bridgehead atoms. The Balaban J connectivity index is 1.56. The molecular weight excluding hydrogens is 299 g/mol. The number of carbonyl (C=O) groups excluding carboxylic acids is 1. The third-order valence-electron chi connectivity index (χ3n) is 4.85. The fourth-order valence-corrected chi connectivity index (χ4v) is 5.34. The summed E-state index contributed by atoms with van der Waals surface area (Å²) < 4.78 is 13.1. The highest BCUT2D eigenvalue weighted by Gasteiger charge is 2.45. The van der Waals surface area contributed by atoms with Crippen molar-refractivity contribution in [3.8, 4) is 0 Å². The Morgan fingerprint density at radius 1 is 1.27 bits per heavy atom. The van der Waals surface area contributed by atoms with Crippen LogP contribution in [0.4, 0.5) is 4.39 Å². The average molecular weight is 318 g/mol. The van der Waals surface area contributed by atoms with Crippen LogP contribution in [0.2, 0.25) is 0 Å². The molecule has 1 aromatic rings. The summed E-state index contributed by atoms with van der Waals surface area (Å²) in [5.74, 6) is 0.516. The summed E-state index contributed by atoms with van der Waals surface area (Å²) in [6, 6.07) is 6.31. The SMILES string of the molecule is CC1CCC2=C(C1)SC1NC(c3ccc(F)cc3)NC(=O)C21. The first-order valence-electron chi connectivity index (χ1n) is 7.82. The number of thioether (sulfide) groups is 1. The molecule has 0 saturated carbocycles. The summed E-state index contributed by atoms with van der Waals surface area (Å²) in [7, 11) is 0. The number of allylic oxidation sites excluding steroid dienone is 1. The van der Waals surface area contributed by atoms with Gasteiger partial charge in [-0.3, -0.25) is 10.1 Å². The number of rotatable bonds is 1. The normalized spacial score (nSPS) is 34.2. The molecule has 1 amide bonds. The van der Waals surface area contributed by atoms with Gasteiger partial charge in [0.1, 0.15) is 12.0 Å². The third-order valence-corrected chi connectivity index (χ3v) is 6.22. The van der Waals surface area contributed by atoms with Crippen molar-refractivity contribution in [2.75, 3.05) is 0 Å². The van der Waals surface area contributed by atoms with Crippen molar-refractivity contribution in [1.82, 2.24) is 10.6 Å². The zero-order chi connectivity index (χ0) is 15.3. The number of amides is 1. The van der Waals surface area contributed by atoms with Gasteiger partial charge in [-0.05, 0) is 53.4 Å². The molecule has 2 N–H and O–H groups in total. The van der Waals surface area contributed by atoms with Crippen molar-refractivity contribution in [2.24, 2.45) is 11.8 Å². The molecule has 2 aliphatic heterocycles. The molecular formula is C17H19FN2OS. The quantitative estimate of drug-likeness (QED) is 0.835. The Hall–Kier alpha value is -1.33. The fraction of sp³-hybridized carbons (Fsp3) is 0.471. The zero-order valence-electron chi connectivity index (χ0n) is 12.4. The molecule has 1 fully saturated rings. The first kappa shape index (κ1) is 14.3. The van der Waals surface area contributed by atoms with Crippen molar-refractivity contribution in [3.05, 3.63) is 46.1 Å². The molecule has 1 aromatic carbocycles. The van der Waals surface area contributed by atoms with E-state index in [9.17, 15) is 9.18 Å². The van der Waals surface area contributed by atoms with Crippen molar-refractivity contribution in [3.63, 3.8) is 0 Å². The second-order valence-corrected chi connectivity index (χ2v) is 7.71. The number of halogens is 1. The molecule has 3 nitrogen and oxygen atoms in total. The molecule has 2 heterocycles. The predicted octanol–water partition coefficient (Wildman–Crippen LogP) is 3.31. The lowest BCUT2D eigenvalue weighted by atomic mass is 9.83. The van der Waals surface area contributed by atoms with E-state index < -0.39 is 0 Å². The van der Waals surface area contributed by atoms with Gasteiger partial charge in [-0.2, -0.15) is 0 Å². The largest absolute Gasteiger partial charge is 0.336 e. The summed E-state index contributed by atoms with van der Waals surface area (Å²) in [6.45, 7) is 2.28. The van der Waals surface area contributed by atoms with Gasteiger partial charge in [0.15, 0.2) is 0 Å². The fourth-order valence-electron chi connectivity index (χ4n) is 3.65. The van der Waals surface area contributed by atoms with E-state index in [0.29, 0.717) is 5.92 Å². The molecule has 1 aliphatic carbocycles. The predicted molar refractivity (Wildman–Crippen MR) is 85.3 cm³/mol. The van der Waals surface area contributed by atoms with Crippen molar-refractivity contribution >= 4 is 17.7 Å². The van der Waals surface area contributed by atoms with E-state index in [2.05, 4.69) is 17.6 Å². The maximum Gasteiger partial charge on any atom is 0.231 e. The lowest BCUT2D eigenvalue weighted by molar-refractivity contribution is -0.127. The summed E-state index contributed by atoms with van der Waals surface area (Å²) in [4.78, 5) is 14.0. The van der Waals surface area contributed by atoms with E-state index in [1.165, 1.54) is 29.0 Å². The smallest absolute Gasteiger partial charge is 0.231 e.